The molecule has 2 aromatic rings. The van der Waals surface area contributed by atoms with Gasteiger partial charge in [0.1, 0.15) is 0 Å². The molecule has 0 bridgehead atoms. The van der Waals surface area contributed by atoms with Crippen molar-refractivity contribution in [2.24, 2.45) is 0 Å². The van der Waals surface area contributed by atoms with Crippen LogP contribution in [0.15, 0.2) is 60.7 Å². The zero-order valence-electron chi connectivity index (χ0n) is 17.2. The van der Waals surface area contributed by atoms with Crippen LogP contribution in [0.3, 0.4) is 0 Å². The fraction of sp³-hybridized carbons (Fsp3) is 0.458. The fourth-order valence-corrected chi connectivity index (χ4v) is 4.87. The molecule has 0 radical (unpaired) electrons. The first kappa shape index (κ1) is 20.1. The van der Waals surface area contributed by atoms with Gasteiger partial charge in [-0.1, -0.05) is 60.7 Å². The molecule has 2 heterocycles. The number of carbonyl (C=O) groups excluding carboxylic acids is 1. The van der Waals surface area contributed by atoms with E-state index < -0.39 is 0 Å². The molecular weight excluding hydrogens is 362 g/mol. The van der Waals surface area contributed by atoms with Gasteiger partial charge in [-0.15, -0.1) is 0 Å². The molecule has 2 aliphatic heterocycles. The van der Waals surface area contributed by atoms with E-state index in [9.17, 15) is 9.90 Å². The van der Waals surface area contributed by atoms with Crippen LogP contribution in [-0.2, 0) is 17.8 Å². The topological polar surface area (TPSA) is 47.0 Å². The molecule has 0 aliphatic carbocycles. The zero-order valence-corrected chi connectivity index (χ0v) is 17.2. The van der Waals surface area contributed by atoms with Gasteiger partial charge in [-0.2, -0.15) is 0 Å². The number of benzene rings is 2. The molecule has 0 spiro atoms. The van der Waals surface area contributed by atoms with Crippen LogP contribution in [0, 0.1) is 0 Å². The monoisotopic (exact) mass is 393 g/mol. The minimum Gasteiger partial charge on any atom is -0.394 e. The number of fused-ring (bicyclic) bond motifs is 1. The van der Waals surface area contributed by atoms with Crippen molar-refractivity contribution in [2.75, 3.05) is 39.3 Å². The largest absolute Gasteiger partial charge is 0.394 e. The van der Waals surface area contributed by atoms with E-state index in [1.54, 1.807) is 0 Å². The maximum absolute atomic E-state index is 12.9. The first-order chi connectivity index (χ1) is 14.1. The van der Waals surface area contributed by atoms with Crippen molar-refractivity contribution in [3.05, 3.63) is 71.8 Å². The van der Waals surface area contributed by atoms with Crippen molar-refractivity contribution in [1.82, 2.24) is 14.7 Å². The lowest BCUT2D eigenvalue weighted by atomic mass is 9.91. The number of hydrogen-bond donors (Lipinski definition) is 1. The second-order valence-electron chi connectivity index (χ2n) is 8.66. The van der Waals surface area contributed by atoms with E-state index in [1.165, 1.54) is 5.56 Å². The van der Waals surface area contributed by atoms with Crippen LogP contribution in [0.25, 0.3) is 0 Å². The van der Waals surface area contributed by atoms with E-state index >= 15 is 0 Å². The third-order valence-corrected chi connectivity index (χ3v) is 6.35. The summed E-state index contributed by atoms with van der Waals surface area (Å²) in [7, 11) is 0. The van der Waals surface area contributed by atoms with Gasteiger partial charge in [0, 0.05) is 45.3 Å². The quantitative estimate of drug-likeness (QED) is 0.844. The fourth-order valence-electron chi connectivity index (χ4n) is 4.87. The number of rotatable bonds is 5. The van der Waals surface area contributed by atoms with Crippen LogP contribution in [0.2, 0.25) is 0 Å². The number of piperazine rings is 2. The molecule has 2 unspecified atom stereocenters. The molecule has 2 saturated heterocycles. The average Bonchev–Trinajstić information content (AvgIpc) is 2.75. The molecule has 0 aromatic heterocycles. The second-order valence-corrected chi connectivity index (χ2v) is 8.66. The van der Waals surface area contributed by atoms with E-state index in [-0.39, 0.29) is 24.1 Å². The van der Waals surface area contributed by atoms with Gasteiger partial charge >= 0.3 is 0 Å². The Morgan fingerprint density at radius 3 is 2.31 bits per heavy atom. The Labute approximate surface area is 173 Å². The molecule has 0 saturated carbocycles. The standard InChI is InChI=1S/C24H31N3O2/c1-24(19-28)18-25(15-21-10-6-3-7-11-21)16-22-17-26(12-13-27(22)24)23(29)14-20-8-4-2-5-9-20/h2-11,22,28H,12-19H2,1H3. The normalized spacial score (nSPS) is 25.6. The lowest BCUT2D eigenvalue weighted by molar-refractivity contribution is -0.140. The molecule has 2 fully saturated rings. The lowest BCUT2D eigenvalue weighted by Crippen LogP contribution is -2.72. The summed E-state index contributed by atoms with van der Waals surface area (Å²) >= 11 is 0. The third kappa shape index (κ3) is 4.53. The Hall–Kier alpha value is -2.21. The van der Waals surface area contributed by atoms with Crippen molar-refractivity contribution >= 4 is 5.91 Å². The minimum atomic E-state index is -0.272. The maximum atomic E-state index is 12.9. The van der Waals surface area contributed by atoms with Crippen LogP contribution in [0.1, 0.15) is 18.1 Å². The molecule has 29 heavy (non-hydrogen) atoms. The van der Waals surface area contributed by atoms with Crippen molar-refractivity contribution < 1.29 is 9.90 Å². The lowest BCUT2D eigenvalue weighted by Gasteiger charge is -2.56. The molecule has 2 aromatic carbocycles. The van der Waals surface area contributed by atoms with Crippen LogP contribution in [0.4, 0.5) is 0 Å². The molecule has 4 rings (SSSR count). The van der Waals surface area contributed by atoms with Crippen LogP contribution in [0.5, 0.6) is 0 Å². The highest BCUT2D eigenvalue weighted by atomic mass is 16.3. The highest BCUT2D eigenvalue weighted by Gasteiger charge is 2.45. The predicted molar refractivity (Wildman–Crippen MR) is 114 cm³/mol. The maximum Gasteiger partial charge on any atom is 0.227 e. The average molecular weight is 394 g/mol. The molecule has 154 valence electrons. The number of amides is 1. The molecule has 2 atom stereocenters. The van der Waals surface area contributed by atoms with Crippen LogP contribution in [-0.4, -0.2) is 76.6 Å². The Balaban J connectivity index is 1.45. The SMILES string of the molecule is CC1(CO)CN(Cc2ccccc2)CC2CN(C(=O)Cc3ccccc3)CCN21. The van der Waals surface area contributed by atoms with Gasteiger partial charge in [0.05, 0.1) is 18.6 Å². The van der Waals surface area contributed by atoms with Gasteiger partial charge < -0.3 is 10.0 Å². The summed E-state index contributed by atoms with van der Waals surface area (Å²) in [6.45, 7) is 7.20. The Morgan fingerprint density at radius 1 is 1.00 bits per heavy atom. The van der Waals surface area contributed by atoms with Gasteiger partial charge in [0.15, 0.2) is 0 Å². The number of nitrogens with zero attached hydrogens (tertiary/aromatic N) is 3. The number of carbonyl (C=O) groups is 1. The summed E-state index contributed by atoms with van der Waals surface area (Å²) in [6, 6.07) is 20.7. The van der Waals surface area contributed by atoms with Crippen molar-refractivity contribution in [3.8, 4) is 0 Å². The summed E-state index contributed by atoms with van der Waals surface area (Å²) in [6.07, 6.45) is 0.457. The molecule has 1 N–H and O–H groups in total. The zero-order chi connectivity index (χ0) is 20.3. The Morgan fingerprint density at radius 2 is 1.66 bits per heavy atom. The van der Waals surface area contributed by atoms with E-state index in [4.69, 9.17) is 0 Å². The second kappa shape index (κ2) is 8.66. The van der Waals surface area contributed by atoms with E-state index in [1.807, 2.05) is 41.3 Å². The summed E-state index contributed by atoms with van der Waals surface area (Å²) in [5.74, 6) is 0.196. The molecule has 5 heteroatoms. The summed E-state index contributed by atoms with van der Waals surface area (Å²) < 4.78 is 0. The first-order valence-corrected chi connectivity index (χ1v) is 10.5. The number of hydrogen-bond acceptors (Lipinski definition) is 4. The molecular formula is C24H31N3O2. The molecule has 5 nitrogen and oxygen atoms in total. The first-order valence-electron chi connectivity index (χ1n) is 10.5. The van der Waals surface area contributed by atoms with Crippen molar-refractivity contribution in [3.63, 3.8) is 0 Å². The summed E-state index contributed by atoms with van der Waals surface area (Å²) in [5.41, 5.74) is 2.08. The highest BCUT2D eigenvalue weighted by molar-refractivity contribution is 5.79. The van der Waals surface area contributed by atoms with Gasteiger partial charge in [-0.3, -0.25) is 14.6 Å². The van der Waals surface area contributed by atoms with Crippen molar-refractivity contribution in [2.45, 2.75) is 31.5 Å². The van der Waals surface area contributed by atoms with E-state index in [2.05, 4.69) is 41.0 Å². The predicted octanol–water partition coefficient (Wildman–Crippen LogP) is 2.01. The van der Waals surface area contributed by atoms with Gasteiger partial charge in [-0.05, 0) is 18.1 Å². The summed E-state index contributed by atoms with van der Waals surface area (Å²) in [4.78, 5) is 19.8. The van der Waals surface area contributed by atoms with Gasteiger partial charge in [-0.25, -0.2) is 0 Å². The van der Waals surface area contributed by atoms with Crippen LogP contribution < -0.4 is 0 Å². The Bertz CT molecular complexity index is 813. The number of aliphatic hydroxyl groups is 1. The Kier molecular flexibility index (Phi) is 5.99. The molecule has 2 aliphatic rings. The van der Waals surface area contributed by atoms with Crippen LogP contribution >= 0.6 is 0 Å². The smallest absolute Gasteiger partial charge is 0.227 e. The summed E-state index contributed by atoms with van der Waals surface area (Å²) in [5, 5.41) is 10.2. The van der Waals surface area contributed by atoms with E-state index in [0.717, 1.165) is 44.8 Å². The van der Waals surface area contributed by atoms with Gasteiger partial charge in [0.2, 0.25) is 5.91 Å². The highest BCUT2D eigenvalue weighted by Crippen LogP contribution is 2.29. The third-order valence-electron chi connectivity index (χ3n) is 6.35. The number of aliphatic hydroxyl groups excluding tert-OH is 1. The van der Waals surface area contributed by atoms with E-state index in [0.29, 0.717) is 6.42 Å². The molecule has 1 amide bonds. The van der Waals surface area contributed by atoms with Crippen molar-refractivity contribution in [1.29, 1.82) is 0 Å². The van der Waals surface area contributed by atoms with Gasteiger partial charge in [0.25, 0.3) is 0 Å². The minimum absolute atomic E-state index is 0.132.